The molecule has 0 fully saturated rings. The molecule has 0 spiro atoms. The number of nitrogens with one attached hydrogen (secondary N) is 2. The molecule has 2 rings (SSSR count). The Labute approximate surface area is 115 Å². The largest absolute Gasteiger partial charge is 0.333 e. The summed E-state index contributed by atoms with van der Waals surface area (Å²) < 4.78 is 0. The average molecular weight is 281 g/mol. The van der Waals surface area contributed by atoms with Crippen LogP contribution in [-0.2, 0) is 6.54 Å². The summed E-state index contributed by atoms with van der Waals surface area (Å²) in [7, 11) is 0. The number of rotatable bonds is 3. The number of benzene rings is 1. The fraction of sp³-hybridized carbons (Fsp3) is 0.154. The summed E-state index contributed by atoms with van der Waals surface area (Å²) in [5.74, 6) is 0. The van der Waals surface area contributed by atoms with E-state index in [1.165, 1.54) is 0 Å². The van der Waals surface area contributed by atoms with E-state index in [9.17, 15) is 4.79 Å². The van der Waals surface area contributed by atoms with Gasteiger partial charge in [-0.05, 0) is 36.1 Å². The molecule has 0 saturated carbocycles. The predicted molar refractivity (Wildman–Crippen MR) is 76.4 cm³/mol. The molecule has 5 heteroatoms. The number of amides is 2. The highest BCUT2D eigenvalue weighted by Crippen LogP contribution is 2.22. The van der Waals surface area contributed by atoms with Crippen LogP contribution >= 0.6 is 22.9 Å². The number of hydrogen-bond donors (Lipinski definition) is 2. The van der Waals surface area contributed by atoms with Crippen molar-refractivity contribution in [2.75, 3.05) is 5.32 Å². The Kier molecular flexibility index (Phi) is 4.23. The predicted octanol–water partition coefficient (Wildman–Crippen LogP) is 4.03. The van der Waals surface area contributed by atoms with Crippen molar-refractivity contribution in [3.63, 3.8) is 0 Å². The van der Waals surface area contributed by atoms with Crippen LogP contribution in [0.4, 0.5) is 10.5 Å². The number of thiophene rings is 1. The summed E-state index contributed by atoms with van der Waals surface area (Å²) in [5, 5.41) is 8.02. The minimum Gasteiger partial charge on any atom is -0.333 e. The lowest BCUT2D eigenvalue weighted by Crippen LogP contribution is -2.27. The van der Waals surface area contributed by atoms with Crippen LogP contribution in [0.2, 0.25) is 5.02 Å². The van der Waals surface area contributed by atoms with E-state index >= 15 is 0 Å². The zero-order valence-electron chi connectivity index (χ0n) is 9.87. The fourth-order valence-corrected chi connectivity index (χ4v) is 2.40. The second kappa shape index (κ2) is 5.89. The van der Waals surface area contributed by atoms with Crippen molar-refractivity contribution < 1.29 is 4.79 Å². The molecule has 0 radical (unpaired) electrons. The second-order valence-electron chi connectivity index (χ2n) is 3.87. The van der Waals surface area contributed by atoms with Gasteiger partial charge in [-0.25, -0.2) is 4.79 Å². The van der Waals surface area contributed by atoms with Crippen LogP contribution in [0, 0.1) is 6.92 Å². The van der Waals surface area contributed by atoms with Crippen LogP contribution in [-0.4, -0.2) is 6.03 Å². The van der Waals surface area contributed by atoms with Crippen molar-refractivity contribution >= 4 is 34.7 Å². The maximum absolute atomic E-state index is 11.7. The van der Waals surface area contributed by atoms with Gasteiger partial charge in [0.05, 0.1) is 17.3 Å². The summed E-state index contributed by atoms with van der Waals surface area (Å²) >= 11 is 7.64. The van der Waals surface area contributed by atoms with Gasteiger partial charge in [0.25, 0.3) is 0 Å². The minimum absolute atomic E-state index is 0.255. The molecule has 0 unspecified atom stereocenters. The van der Waals surface area contributed by atoms with E-state index in [1.807, 2.05) is 36.6 Å². The van der Waals surface area contributed by atoms with Crippen molar-refractivity contribution in [1.82, 2.24) is 5.32 Å². The van der Waals surface area contributed by atoms with Crippen molar-refractivity contribution in [2.24, 2.45) is 0 Å². The molecule has 2 aromatic rings. The highest BCUT2D eigenvalue weighted by atomic mass is 35.5. The van der Waals surface area contributed by atoms with Crippen LogP contribution in [0.25, 0.3) is 0 Å². The number of carbonyl (C=O) groups is 1. The highest BCUT2D eigenvalue weighted by molar-refractivity contribution is 7.09. The van der Waals surface area contributed by atoms with Gasteiger partial charge in [-0.1, -0.05) is 23.7 Å². The summed E-state index contributed by atoms with van der Waals surface area (Å²) in [5.41, 5.74) is 1.68. The lowest BCUT2D eigenvalue weighted by atomic mass is 10.2. The molecule has 1 aromatic carbocycles. The topological polar surface area (TPSA) is 41.1 Å². The van der Waals surface area contributed by atoms with E-state index in [0.29, 0.717) is 17.3 Å². The standard InChI is InChI=1S/C13H13ClN2OS/c1-9-4-5-12(11(14)7-9)16-13(17)15-8-10-3-2-6-18-10/h2-7H,8H2,1H3,(H2,15,16,17). The Hall–Kier alpha value is -1.52. The summed E-state index contributed by atoms with van der Waals surface area (Å²) in [6, 6.07) is 9.19. The smallest absolute Gasteiger partial charge is 0.319 e. The third-order valence-corrected chi connectivity index (χ3v) is 3.57. The lowest BCUT2D eigenvalue weighted by molar-refractivity contribution is 0.252. The monoisotopic (exact) mass is 280 g/mol. The molecule has 18 heavy (non-hydrogen) atoms. The van der Waals surface area contributed by atoms with Crippen molar-refractivity contribution in [2.45, 2.75) is 13.5 Å². The van der Waals surface area contributed by atoms with E-state index in [1.54, 1.807) is 17.4 Å². The van der Waals surface area contributed by atoms with Gasteiger partial charge >= 0.3 is 6.03 Å². The van der Waals surface area contributed by atoms with Gasteiger partial charge in [0.2, 0.25) is 0 Å². The number of urea groups is 1. The molecule has 0 aliphatic carbocycles. The van der Waals surface area contributed by atoms with Crippen molar-refractivity contribution in [3.8, 4) is 0 Å². The van der Waals surface area contributed by atoms with Crippen molar-refractivity contribution in [3.05, 3.63) is 51.2 Å². The Balaban J connectivity index is 1.91. The van der Waals surface area contributed by atoms with E-state index in [-0.39, 0.29) is 6.03 Å². The molecule has 0 saturated heterocycles. The van der Waals surface area contributed by atoms with Crippen LogP contribution < -0.4 is 10.6 Å². The highest BCUT2D eigenvalue weighted by Gasteiger charge is 2.05. The molecule has 0 aliphatic heterocycles. The first-order valence-electron chi connectivity index (χ1n) is 5.48. The van der Waals surface area contributed by atoms with Crippen molar-refractivity contribution in [1.29, 1.82) is 0 Å². The van der Waals surface area contributed by atoms with Gasteiger partial charge in [-0.15, -0.1) is 11.3 Å². The summed E-state index contributed by atoms with van der Waals surface area (Å²) in [4.78, 5) is 12.8. The Morgan fingerprint density at radius 1 is 1.39 bits per heavy atom. The normalized spacial score (nSPS) is 10.1. The van der Waals surface area contributed by atoms with E-state index in [2.05, 4.69) is 10.6 Å². The number of carbonyl (C=O) groups excluding carboxylic acids is 1. The Morgan fingerprint density at radius 3 is 2.89 bits per heavy atom. The fourth-order valence-electron chi connectivity index (χ4n) is 1.47. The molecule has 1 heterocycles. The quantitative estimate of drug-likeness (QED) is 0.875. The van der Waals surface area contributed by atoms with E-state index < -0.39 is 0 Å². The first-order valence-corrected chi connectivity index (χ1v) is 6.74. The molecule has 94 valence electrons. The summed E-state index contributed by atoms with van der Waals surface area (Å²) in [6.07, 6.45) is 0. The Bertz CT molecular complexity index is 540. The van der Waals surface area contributed by atoms with Crippen LogP contribution in [0.1, 0.15) is 10.4 Å². The molecule has 2 amide bonds. The molecule has 3 nitrogen and oxygen atoms in total. The van der Waals surface area contributed by atoms with E-state index in [4.69, 9.17) is 11.6 Å². The Morgan fingerprint density at radius 2 is 2.22 bits per heavy atom. The zero-order chi connectivity index (χ0) is 13.0. The number of anilines is 1. The average Bonchev–Trinajstić information content (AvgIpc) is 2.83. The maximum Gasteiger partial charge on any atom is 0.319 e. The van der Waals surface area contributed by atoms with Gasteiger partial charge < -0.3 is 10.6 Å². The number of hydrogen-bond acceptors (Lipinski definition) is 2. The number of aryl methyl sites for hydroxylation is 1. The molecule has 1 aromatic heterocycles. The first-order chi connectivity index (χ1) is 8.65. The van der Waals surface area contributed by atoms with Gasteiger partial charge in [-0.2, -0.15) is 0 Å². The van der Waals surface area contributed by atoms with Gasteiger partial charge in [0, 0.05) is 4.88 Å². The minimum atomic E-state index is -0.255. The maximum atomic E-state index is 11.7. The first kappa shape index (κ1) is 12.9. The molecule has 0 atom stereocenters. The molecular weight excluding hydrogens is 268 g/mol. The molecule has 0 bridgehead atoms. The lowest BCUT2D eigenvalue weighted by Gasteiger charge is -2.08. The van der Waals surface area contributed by atoms with Crippen LogP contribution in [0.3, 0.4) is 0 Å². The third kappa shape index (κ3) is 3.48. The van der Waals surface area contributed by atoms with Crippen LogP contribution in [0.5, 0.6) is 0 Å². The SMILES string of the molecule is Cc1ccc(NC(=O)NCc2cccs2)c(Cl)c1. The van der Waals surface area contributed by atoms with Gasteiger partial charge in [-0.3, -0.25) is 0 Å². The van der Waals surface area contributed by atoms with Crippen LogP contribution in [0.15, 0.2) is 35.7 Å². The van der Waals surface area contributed by atoms with E-state index in [0.717, 1.165) is 10.4 Å². The molecular formula is C13H13ClN2OS. The third-order valence-electron chi connectivity index (χ3n) is 2.38. The van der Waals surface area contributed by atoms with Gasteiger partial charge in [0.15, 0.2) is 0 Å². The summed E-state index contributed by atoms with van der Waals surface area (Å²) in [6.45, 7) is 2.47. The van der Waals surface area contributed by atoms with Gasteiger partial charge in [0.1, 0.15) is 0 Å². The molecule has 0 aliphatic rings. The number of halogens is 1. The second-order valence-corrected chi connectivity index (χ2v) is 5.31. The zero-order valence-corrected chi connectivity index (χ0v) is 11.4. The molecule has 2 N–H and O–H groups in total.